The van der Waals surface area contributed by atoms with Crippen molar-refractivity contribution >= 4 is 46.6 Å². The Bertz CT molecular complexity index is 697. The SMILES string of the molecule is O=C1NC(=O)C(=Cc2ccc(OC(=O)C3CCC3)c(Cl)c2)S1. The molecule has 1 N–H and O–H groups in total. The number of nitrogens with one attached hydrogen (secondary N) is 1. The molecule has 2 amide bonds. The molecule has 1 saturated heterocycles. The van der Waals surface area contributed by atoms with E-state index in [4.69, 9.17) is 16.3 Å². The first-order chi connectivity index (χ1) is 10.5. The number of halogens is 1. The highest BCUT2D eigenvalue weighted by Gasteiger charge is 2.28. The number of amides is 2. The van der Waals surface area contributed by atoms with Gasteiger partial charge < -0.3 is 4.74 Å². The Hall–Kier alpha value is -1.79. The van der Waals surface area contributed by atoms with Gasteiger partial charge >= 0.3 is 5.97 Å². The highest BCUT2D eigenvalue weighted by Crippen LogP contribution is 2.32. The van der Waals surface area contributed by atoms with Gasteiger partial charge in [0.25, 0.3) is 11.1 Å². The quantitative estimate of drug-likeness (QED) is 0.520. The Morgan fingerprint density at radius 1 is 1.36 bits per heavy atom. The molecule has 0 radical (unpaired) electrons. The van der Waals surface area contributed by atoms with Crippen molar-refractivity contribution in [3.63, 3.8) is 0 Å². The summed E-state index contributed by atoms with van der Waals surface area (Å²) in [7, 11) is 0. The molecule has 1 aromatic carbocycles. The van der Waals surface area contributed by atoms with Gasteiger partial charge in [-0.3, -0.25) is 19.7 Å². The summed E-state index contributed by atoms with van der Waals surface area (Å²) < 4.78 is 5.28. The van der Waals surface area contributed by atoms with E-state index in [1.807, 2.05) is 0 Å². The normalized spacial score (nSPS) is 20.0. The molecule has 114 valence electrons. The Labute approximate surface area is 136 Å². The van der Waals surface area contributed by atoms with Crippen molar-refractivity contribution in [3.8, 4) is 5.75 Å². The Morgan fingerprint density at radius 2 is 2.14 bits per heavy atom. The van der Waals surface area contributed by atoms with E-state index in [1.165, 1.54) is 0 Å². The lowest BCUT2D eigenvalue weighted by Crippen LogP contribution is -2.26. The van der Waals surface area contributed by atoms with Crippen molar-refractivity contribution in [3.05, 3.63) is 33.7 Å². The highest BCUT2D eigenvalue weighted by molar-refractivity contribution is 8.18. The van der Waals surface area contributed by atoms with Crippen LogP contribution in [-0.4, -0.2) is 17.1 Å². The molecule has 1 heterocycles. The summed E-state index contributed by atoms with van der Waals surface area (Å²) in [5.74, 6) is -0.398. The molecular weight excluding hydrogens is 326 g/mol. The minimum Gasteiger partial charge on any atom is -0.425 e. The van der Waals surface area contributed by atoms with Gasteiger partial charge in [-0.1, -0.05) is 24.1 Å². The molecule has 0 bridgehead atoms. The van der Waals surface area contributed by atoms with Crippen LogP contribution in [0.4, 0.5) is 4.79 Å². The number of rotatable bonds is 3. The molecule has 0 atom stereocenters. The van der Waals surface area contributed by atoms with Crippen LogP contribution in [-0.2, 0) is 9.59 Å². The molecule has 1 aromatic rings. The molecule has 1 aliphatic carbocycles. The van der Waals surface area contributed by atoms with Gasteiger partial charge in [-0.05, 0) is 48.4 Å². The second-order valence-corrected chi connectivity index (χ2v) is 6.51. The monoisotopic (exact) mass is 337 g/mol. The molecule has 2 fully saturated rings. The van der Waals surface area contributed by atoms with Gasteiger partial charge in [-0.15, -0.1) is 0 Å². The molecule has 5 nitrogen and oxygen atoms in total. The molecule has 3 rings (SSSR count). The van der Waals surface area contributed by atoms with Crippen LogP contribution in [0.1, 0.15) is 24.8 Å². The van der Waals surface area contributed by atoms with Gasteiger partial charge in [-0.25, -0.2) is 0 Å². The van der Waals surface area contributed by atoms with Crippen LogP contribution >= 0.6 is 23.4 Å². The minimum atomic E-state index is -0.424. The summed E-state index contributed by atoms with van der Waals surface area (Å²) in [5, 5.41) is 2.07. The van der Waals surface area contributed by atoms with Crippen molar-refractivity contribution < 1.29 is 19.1 Å². The molecule has 1 aliphatic heterocycles. The maximum absolute atomic E-state index is 11.8. The first kappa shape index (κ1) is 15.1. The predicted molar refractivity (Wildman–Crippen MR) is 83.5 cm³/mol. The van der Waals surface area contributed by atoms with Crippen LogP contribution in [0.5, 0.6) is 5.75 Å². The van der Waals surface area contributed by atoms with Crippen molar-refractivity contribution in [2.24, 2.45) is 5.92 Å². The van der Waals surface area contributed by atoms with E-state index in [-0.39, 0.29) is 16.9 Å². The molecule has 22 heavy (non-hydrogen) atoms. The van der Waals surface area contributed by atoms with Crippen molar-refractivity contribution in [2.45, 2.75) is 19.3 Å². The Morgan fingerprint density at radius 3 is 2.68 bits per heavy atom. The third kappa shape index (κ3) is 3.18. The van der Waals surface area contributed by atoms with Crippen molar-refractivity contribution in [1.29, 1.82) is 0 Å². The number of thioether (sulfide) groups is 1. The first-order valence-electron chi connectivity index (χ1n) is 6.79. The maximum atomic E-state index is 11.8. The summed E-state index contributed by atoms with van der Waals surface area (Å²) in [6.45, 7) is 0. The fourth-order valence-corrected chi connectivity index (χ4v) is 3.01. The fraction of sp³-hybridized carbons (Fsp3) is 0.267. The molecule has 0 spiro atoms. The largest absolute Gasteiger partial charge is 0.425 e. The van der Waals surface area contributed by atoms with Gasteiger partial charge in [0.2, 0.25) is 0 Å². The highest BCUT2D eigenvalue weighted by atomic mass is 35.5. The topological polar surface area (TPSA) is 72.5 Å². The van der Waals surface area contributed by atoms with E-state index in [0.717, 1.165) is 31.0 Å². The zero-order valence-corrected chi connectivity index (χ0v) is 13.0. The van der Waals surface area contributed by atoms with Crippen LogP contribution in [0.15, 0.2) is 23.1 Å². The lowest BCUT2D eigenvalue weighted by molar-refractivity contribution is -0.141. The van der Waals surface area contributed by atoms with Crippen LogP contribution in [0.3, 0.4) is 0 Å². The summed E-state index contributed by atoms with van der Waals surface area (Å²) in [6, 6.07) is 4.86. The van der Waals surface area contributed by atoms with E-state index >= 15 is 0 Å². The summed E-state index contributed by atoms with van der Waals surface area (Å²) in [5.41, 5.74) is 0.654. The van der Waals surface area contributed by atoms with E-state index in [1.54, 1.807) is 24.3 Å². The van der Waals surface area contributed by atoms with Crippen molar-refractivity contribution in [2.75, 3.05) is 0 Å². The smallest absolute Gasteiger partial charge is 0.314 e. The molecule has 0 aromatic heterocycles. The Balaban J connectivity index is 1.74. The number of esters is 1. The minimum absolute atomic E-state index is 0.0255. The van der Waals surface area contributed by atoms with Gasteiger partial charge in [-0.2, -0.15) is 0 Å². The zero-order valence-electron chi connectivity index (χ0n) is 11.4. The lowest BCUT2D eigenvalue weighted by Gasteiger charge is -2.23. The maximum Gasteiger partial charge on any atom is 0.314 e. The summed E-state index contributed by atoms with van der Waals surface area (Å²) in [6.07, 6.45) is 4.34. The number of carbonyl (C=O) groups is 3. The lowest BCUT2D eigenvalue weighted by atomic mass is 9.86. The third-order valence-corrected chi connectivity index (χ3v) is 4.65. The standard InChI is InChI=1S/C15H12ClNO4S/c16-10-6-8(7-12-13(18)17-15(20)22-12)4-5-11(10)21-14(19)9-2-1-3-9/h4-7,9H,1-3H2,(H,17,18,20). The van der Waals surface area contributed by atoms with Gasteiger partial charge in [0, 0.05) is 0 Å². The molecule has 2 aliphatic rings. The van der Waals surface area contributed by atoms with Crippen LogP contribution in [0.2, 0.25) is 5.02 Å². The average Bonchev–Trinajstić information content (AvgIpc) is 2.69. The zero-order chi connectivity index (χ0) is 15.7. The first-order valence-corrected chi connectivity index (χ1v) is 7.98. The van der Waals surface area contributed by atoms with Crippen LogP contribution in [0, 0.1) is 5.92 Å². The molecule has 1 saturated carbocycles. The van der Waals surface area contributed by atoms with Crippen LogP contribution in [0.25, 0.3) is 6.08 Å². The number of hydrogen-bond donors (Lipinski definition) is 1. The number of imide groups is 1. The van der Waals surface area contributed by atoms with Crippen LogP contribution < -0.4 is 10.1 Å². The van der Waals surface area contributed by atoms with E-state index < -0.39 is 11.1 Å². The number of hydrogen-bond acceptors (Lipinski definition) is 5. The van der Waals surface area contributed by atoms with Gasteiger partial charge in [0.1, 0.15) is 5.75 Å². The molecule has 0 unspecified atom stereocenters. The van der Waals surface area contributed by atoms with Gasteiger partial charge in [0.15, 0.2) is 0 Å². The number of carbonyl (C=O) groups excluding carboxylic acids is 3. The second kappa shape index (κ2) is 6.14. The molecule has 7 heteroatoms. The number of ether oxygens (including phenoxy) is 1. The average molecular weight is 338 g/mol. The second-order valence-electron chi connectivity index (χ2n) is 5.09. The van der Waals surface area contributed by atoms with E-state index in [0.29, 0.717) is 16.2 Å². The number of benzene rings is 1. The van der Waals surface area contributed by atoms with E-state index in [2.05, 4.69) is 5.32 Å². The summed E-state index contributed by atoms with van der Waals surface area (Å²) >= 11 is 6.95. The van der Waals surface area contributed by atoms with Gasteiger partial charge in [0.05, 0.1) is 15.8 Å². The summed E-state index contributed by atoms with van der Waals surface area (Å²) in [4.78, 5) is 34.7. The third-order valence-electron chi connectivity index (χ3n) is 3.54. The predicted octanol–water partition coefficient (Wildman–Crippen LogP) is 3.37. The molecular formula is C15H12ClNO4S. The van der Waals surface area contributed by atoms with E-state index in [9.17, 15) is 14.4 Å². The van der Waals surface area contributed by atoms with Crippen molar-refractivity contribution in [1.82, 2.24) is 5.32 Å². The fourth-order valence-electron chi connectivity index (χ4n) is 2.10. The Kier molecular flexibility index (Phi) is 4.22.